The zero-order valence-electron chi connectivity index (χ0n) is 12.5. The van der Waals surface area contributed by atoms with Crippen LogP contribution in [-0.4, -0.2) is 11.1 Å². The van der Waals surface area contributed by atoms with Crippen molar-refractivity contribution in [3.05, 3.63) is 70.2 Å². The predicted molar refractivity (Wildman–Crippen MR) is 88.4 cm³/mol. The number of nitrogens with two attached hydrogens (primary N) is 1. The van der Waals surface area contributed by atoms with Crippen LogP contribution in [0.15, 0.2) is 48.5 Å². The molecule has 1 unspecified atom stereocenters. The van der Waals surface area contributed by atoms with E-state index in [1.54, 1.807) is 12.1 Å². The molecular formula is C18H22ClNO. The number of benzene rings is 2. The number of aryl methyl sites for hydroxylation is 1. The highest BCUT2D eigenvalue weighted by atomic mass is 35.5. The molecule has 0 bridgehead atoms. The first-order chi connectivity index (χ1) is 9.97. The van der Waals surface area contributed by atoms with E-state index in [0.29, 0.717) is 5.02 Å². The molecule has 0 fully saturated rings. The van der Waals surface area contributed by atoms with E-state index in [1.807, 2.05) is 12.1 Å². The molecule has 0 aliphatic heterocycles. The van der Waals surface area contributed by atoms with Crippen LogP contribution in [0.2, 0.25) is 5.02 Å². The van der Waals surface area contributed by atoms with E-state index in [-0.39, 0.29) is 12.0 Å². The SMILES string of the molecule is Cc1ccc(CC(C)[C@@H](N)[C@H](O)c2cccc(Cl)c2)cc1. The topological polar surface area (TPSA) is 46.2 Å². The summed E-state index contributed by atoms with van der Waals surface area (Å²) >= 11 is 5.97. The van der Waals surface area contributed by atoms with E-state index >= 15 is 0 Å². The van der Waals surface area contributed by atoms with Crippen LogP contribution < -0.4 is 5.73 Å². The normalized spacial score (nSPS) is 15.5. The largest absolute Gasteiger partial charge is 0.387 e. The van der Waals surface area contributed by atoms with Gasteiger partial charge in [-0.1, -0.05) is 60.5 Å². The minimum Gasteiger partial charge on any atom is -0.387 e. The summed E-state index contributed by atoms with van der Waals surface area (Å²) < 4.78 is 0. The fraction of sp³-hybridized carbons (Fsp3) is 0.333. The summed E-state index contributed by atoms with van der Waals surface area (Å²) in [5.41, 5.74) is 9.48. The fourth-order valence-corrected chi connectivity index (χ4v) is 2.65. The average Bonchev–Trinajstić information content (AvgIpc) is 2.48. The number of hydrogen-bond acceptors (Lipinski definition) is 2. The molecule has 2 rings (SSSR count). The van der Waals surface area contributed by atoms with Crippen molar-refractivity contribution >= 4 is 11.6 Å². The van der Waals surface area contributed by atoms with Gasteiger partial charge in [0.2, 0.25) is 0 Å². The van der Waals surface area contributed by atoms with Crippen molar-refractivity contribution in [3.8, 4) is 0 Å². The van der Waals surface area contributed by atoms with E-state index in [0.717, 1.165) is 12.0 Å². The highest BCUT2D eigenvalue weighted by Gasteiger charge is 2.23. The van der Waals surface area contributed by atoms with Gasteiger partial charge in [0, 0.05) is 11.1 Å². The van der Waals surface area contributed by atoms with Gasteiger partial charge < -0.3 is 10.8 Å². The van der Waals surface area contributed by atoms with E-state index < -0.39 is 6.10 Å². The van der Waals surface area contributed by atoms with Crippen molar-refractivity contribution in [2.75, 3.05) is 0 Å². The van der Waals surface area contributed by atoms with Crippen LogP contribution in [0.1, 0.15) is 29.7 Å². The first-order valence-corrected chi connectivity index (χ1v) is 7.60. The maximum absolute atomic E-state index is 10.4. The van der Waals surface area contributed by atoms with Gasteiger partial charge in [-0.25, -0.2) is 0 Å². The Morgan fingerprint density at radius 3 is 2.43 bits per heavy atom. The highest BCUT2D eigenvalue weighted by molar-refractivity contribution is 6.30. The van der Waals surface area contributed by atoms with Gasteiger partial charge in [0.25, 0.3) is 0 Å². The molecule has 0 saturated heterocycles. The first-order valence-electron chi connectivity index (χ1n) is 7.22. The Hall–Kier alpha value is -1.35. The molecule has 21 heavy (non-hydrogen) atoms. The van der Waals surface area contributed by atoms with Crippen LogP contribution in [0.25, 0.3) is 0 Å². The van der Waals surface area contributed by atoms with E-state index in [9.17, 15) is 5.11 Å². The lowest BCUT2D eigenvalue weighted by Crippen LogP contribution is -2.36. The van der Waals surface area contributed by atoms with Crippen LogP contribution in [0.4, 0.5) is 0 Å². The molecule has 0 spiro atoms. The standard InChI is InChI=1S/C18H22ClNO/c1-12-6-8-14(9-7-12)10-13(2)17(20)18(21)15-4-3-5-16(19)11-15/h3-9,11,13,17-18,21H,10,20H2,1-2H3/t13?,17-,18-/m1/s1. The van der Waals surface area contributed by atoms with Gasteiger partial charge in [-0.2, -0.15) is 0 Å². The minimum atomic E-state index is -0.704. The van der Waals surface area contributed by atoms with Crippen LogP contribution in [-0.2, 0) is 6.42 Å². The molecule has 3 atom stereocenters. The second-order valence-corrected chi connectivity index (χ2v) is 6.18. The number of rotatable bonds is 5. The molecule has 0 heterocycles. The summed E-state index contributed by atoms with van der Waals surface area (Å²) in [5.74, 6) is 0.168. The van der Waals surface area contributed by atoms with E-state index in [1.165, 1.54) is 11.1 Å². The van der Waals surface area contributed by atoms with Crippen molar-refractivity contribution in [2.24, 2.45) is 11.7 Å². The Labute approximate surface area is 131 Å². The van der Waals surface area contributed by atoms with Crippen molar-refractivity contribution in [3.63, 3.8) is 0 Å². The van der Waals surface area contributed by atoms with Crippen molar-refractivity contribution in [1.29, 1.82) is 0 Å². The Balaban J connectivity index is 2.04. The molecule has 0 amide bonds. The molecule has 0 aliphatic rings. The second-order valence-electron chi connectivity index (χ2n) is 5.74. The molecule has 2 nitrogen and oxygen atoms in total. The monoisotopic (exact) mass is 303 g/mol. The van der Waals surface area contributed by atoms with E-state index in [4.69, 9.17) is 17.3 Å². The van der Waals surface area contributed by atoms with Crippen molar-refractivity contribution in [2.45, 2.75) is 32.4 Å². The summed E-state index contributed by atoms with van der Waals surface area (Å²) in [4.78, 5) is 0. The summed E-state index contributed by atoms with van der Waals surface area (Å²) in [6, 6.07) is 15.3. The molecule has 112 valence electrons. The Kier molecular flexibility index (Phi) is 5.40. The van der Waals surface area contributed by atoms with Crippen LogP contribution in [0.3, 0.4) is 0 Å². The van der Waals surface area contributed by atoms with Gasteiger partial charge in [0.05, 0.1) is 6.10 Å². The lowest BCUT2D eigenvalue weighted by molar-refractivity contribution is 0.121. The lowest BCUT2D eigenvalue weighted by atomic mass is 9.88. The molecule has 0 saturated carbocycles. The van der Waals surface area contributed by atoms with Gasteiger partial charge in [-0.05, 0) is 42.5 Å². The summed E-state index contributed by atoms with van der Waals surface area (Å²) in [6.45, 7) is 4.14. The number of hydrogen-bond donors (Lipinski definition) is 2. The third kappa shape index (κ3) is 4.31. The molecule has 2 aromatic rings. The molecular weight excluding hydrogens is 282 g/mol. The Morgan fingerprint density at radius 1 is 1.14 bits per heavy atom. The Bertz CT molecular complexity index is 582. The number of aliphatic hydroxyl groups excluding tert-OH is 1. The maximum atomic E-state index is 10.4. The molecule has 0 radical (unpaired) electrons. The smallest absolute Gasteiger partial charge is 0.0944 e. The summed E-state index contributed by atoms with van der Waals surface area (Å²) in [6.07, 6.45) is 0.142. The second kappa shape index (κ2) is 7.08. The summed E-state index contributed by atoms with van der Waals surface area (Å²) in [7, 11) is 0. The van der Waals surface area contributed by atoms with E-state index in [2.05, 4.69) is 38.1 Å². The first kappa shape index (κ1) is 16.0. The van der Waals surface area contributed by atoms with Gasteiger partial charge in [0.15, 0.2) is 0 Å². The number of halogens is 1. The predicted octanol–water partition coefficient (Wildman–Crippen LogP) is 3.89. The van der Waals surface area contributed by atoms with Gasteiger partial charge in [0.1, 0.15) is 0 Å². The van der Waals surface area contributed by atoms with Gasteiger partial charge >= 0.3 is 0 Å². The lowest BCUT2D eigenvalue weighted by Gasteiger charge is -2.25. The van der Waals surface area contributed by atoms with Gasteiger partial charge in [-0.3, -0.25) is 0 Å². The number of aliphatic hydroxyl groups is 1. The quantitative estimate of drug-likeness (QED) is 0.880. The van der Waals surface area contributed by atoms with Crippen LogP contribution in [0, 0.1) is 12.8 Å². The molecule has 3 N–H and O–H groups in total. The van der Waals surface area contributed by atoms with Crippen molar-refractivity contribution < 1.29 is 5.11 Å². The molecule has 3 heteroatoms. The molecule has 0 aromatic heterocycles. The summed E-state index contributed by atoms with van der Waals surface area (Å²) in [5, 5.41) is 11.0. The zero-order chi connectivity index (χ0) is 15.4. The van der Waals surface area contributed by atoms with Crippen LogP contribution in [0.5, 0.6) is 0 Å². The molecule has 2 aromatic carbocycles. The minimum absolute atomic E-state index is 0.168. The van der Waals surface area contributed by atoms with Gasteiger partial charge in [-0.15, -0.1) is 0 Å². The Morgan fingerprint density at radius 2 is 1.81 bits per heavy atom. The molecule has 0 aliphatic carbocycles. The van der Waals surface area contributed by atoms with Crippen molar-refractivity contribution in [1.82, 2.24) is 0 Å². The fourth-order valence-electron chi connectivity index (χ4n) is 2.46. The average molecular weight is 304 g/mol. The highest BCUT2D eigenvalue weighted by Crippen LogP contribution is 2.24. The van der Waals surface area contributed by atoms with Crippen LogP contribution >= 0.6 is 11.6 Å². The third-order valence-electron chi connectivity index (χ3n) is 3.89. The third-order valence-corrected chi connectivity index (χ3v) is 4.13. The zero-order valence-corrected chi connectivity index (χ0v) is 13.2. The maximum Gasteiger partial charge on any atom is 0.0944 e.